The minimum Gasteiger partial charge on any atom is -0.493 e. The molecule has 0 amide bonds. The molecule has 1 aliphatic carbocycles. The molecule has 1 N–H and O–H groups in total. The zero-order valence-corrected chi connectivity index (χ0v) is 13.7. The maximum Gasteiger partial charge on any atom is 0.127 e. The summed E-state index contributed by atoms with van der Waals surface area (Å²) in [6.45, 7) is 4.08. The molecule has 116 valence electrons. The molecule has 2 nitrogen and oxygen atoms in total. The Bertz CT molecular complexity index is 482. The average Bonchev–Trinajstić information content (AvgIpc) is 2.96. The lowest BCUT2D eigenvalue weighted by Gasteiger charge is -2.32. The minimum absolute atomic E-state index is 0.399. The highest BCUT2D eigenvalue weighted by Crippen LogP contribution is 2.42. The van der Waals surface area contributed by atoms with Gasteiger partial charge in [0.2, 0.25) is 0 Å². The van der Waals surface area contributed by atoms with Crippen LogP contribution in [0.3, 0.4) is 0 Å². The van der Waals surface area contributed by atoms with E-state index < -0.39 is 0 Å². The summed E-state index contributed by atoms with van der Waals surface area (Å²) in [5.41, 5.74) is 2.59. The number of rotatable bonds is 5. The number of ether oxygens (including phenoxy) is 1. The Morgan fingerprint density at radius 1 is 1.29 bits per heavy atom. The van der Waals surface area contributed by atoms with Crippen LogP contribution in [0.5, 0.6) is 5.75 Å². The lowest BCUT2D eigenvalue weighted by atomic mass is 9.80. The van der Waals surface area contributed by atoms with Crippen LogP contribution in [0.2, 0.25) is 5.02 Å². The Hall–Kier alpha value is -0.730. The number of nitrogens with one attached hydrogen (secondary N) is 1. The topological polar surface area (TPSA) is 21.3 Å². The second-order valence-corrected chi connectivity index (χ2v) is 6.85. The lowest BCUT2D eigenvalue weighted by Crippen LogP contribution is -2.30. The molecule has 3 heteroatoms. The van der Waals surface area contributed by atoms with E-state index >= 15 is 0 Å². The number of fused-ring (bicyclic) bond motifs is 1. The largest absolute Gasteiger partial charge is 0.493 e. The molecule has 21 heavy (non-hydrogen) atoms. The van der Waals surface area contributed by atoms with E-state index in [4.69, 9.17) is 16.3 Å². The summed E-state index contributed by atoms with van der Waals surface area (Å²) in [7, 11) is 0. The van der Waals surface area contributed by atoms with Gasteiger partial charge in [-0.15, -0.1) is 0 Å². The van der Waals surface area contributed by atoms with Gasteiger partial charge in [0.15, 0.2) is 0 Å². The van der Waals surface area contributed by atoms with E-state index in [1.807, 2.05) is 0 Å². The molecule has 0 bridgehead atoms. The highest BCUT2D eigenvalue weighted by molar-refractivity contribution is 6.30. The maximum atomic E-state index is 6.36. The smallest absolute Gasteiger partial charge is 0.127 e. The van der Waals surface area contributed by atoms with Gasteiger partial charge in [0.1, 0.15) is 5.75 Å². The third kappa shape index (κ3) is 3.37. The summed E-state index contributed by atoms with van der Waals surface area (Å²) in [6.07, 6.45) is 8.91. The number of halogens is 1. The zero-order chi connectivity index (χ0) is 14.7. The SMILES string of the molecule is CCCNC(c1cc(Cl)cc2c1OCC2)C1CCCCC1. The molecule has 0 radical (unpaired) electrons. The normalized spacial score (nSPS) is 20.1. The van der Waals surface area contributed by atoms with Crippen LogP contribution < -0.4 is 10.1 Å². The molecule has 1 atom stereocenters. The maximum absolute atomic E-state index is 6.36. The first kappa shape index (κ1) is 15.2. The van der Waals surface area contributed by atoms with E-state index in [-0.39, 0.29) is 0 Å². The summed E-state index contributed by atoms with van der Waals surface area (Å²) in [6, 6.07) is 4.61. The van der Waals surface area contributed by atoms with Gasteiger partial charge in [-0.1, -0.05) is 37.8 Å². The van der Waals surface area contributed by atoms with Gasteiger partial charge in [0, 0.05) is 23.0 Å². The third-order valence-corrected chi connectivity index (χ3v) is 5.07. The molecule has 3 rings (SSSR count). The molecule has 2 aliphatic rings. The fourth-order valence-corrected chi connectivity index (χ4v) is 4.08. The van der Waals surface area contributed by atoms with Crippen molar-refractivity contribution in [2.75, 3.05) is 13.2 Å². The molecule has 1 aromatic carbocycles. The van der Waals surface area contributed by atoms with Gasteiger partial charge in [-0.2, -0.15) is 0 Å². The predicted molar refractivity (Wildman–Crippen MR) is 88.3 cm³/mol. The Kier molecular flexibility index (Phi) is 5.07. The Balaban J connectivity index is 1.91. The summed E-state index contributed by atoms with van der Waals surface area (Å²) >= 11 is 6.36. The van der Waals surface area contributed by atoms with Crippen LogP contribution in [0.25, 0.3) is 0 Å². The molecular weight excluding hydrogens is 282 g/mol. The second kappa shape index (κ2) is 7.02. The molecule has 1 heterocycles. The first-order valence-corrected chi connectivity index (χ1v) is 8.86. The van der Waals surface area contributed by atoms with Crippen molar-refractivity contribution in [1.82, 2.24) is 5.32 Å². The zero-order valence-electron chi connectivity index (χ0n) is 13.0. The third-order valence-electron chi connectivity index (χ3n) is 4.85. The van der Waals surface area contributed by atoms with Gasteiger partial charge >= 0.3 is 0 Å². The van der Waals surface area contributed by atoms with Crippen molar-refractivity contribution < 1.29 is 4.74 Å². The number of benzene rings is 1. The Morgan fingerprint density at radius 3 is 2.86 bits per heavy atom. The van der Waals surface area contributed by atoms with Crippen LogP contribution in [0, 0.1) is 5.92 Å². The van der Waals surface area contributed by atoms with Crippen molar-refractivity contribution in [2.45, 2.75) is 57.9 Å². The minimum atomic E-state index is 0.399. The molecule has 1 aliphatic heterocycles. The van der Waals surface area contributed by atoms with Crippen molar-refractivity contribution in [1.29, 1.82) is 0 Å². The van der Waals surface area contributed by atoms with Gasteiger partial charge < -0.3 is 10.1 Å². The molecule has 1 saturated carbocycles. The van der Waals surface area contributed by atoms with Gasteiger partial charge in [0.25, 0.3) is 0 Å². The van der Waals surface area contributed by atoms with Crippen molar-refractivity contribution in [3.05, 3.63) is 28.3 Å². The highest BCUT2D eigenvalue weighted by atomic mass is 35.5. The van der Waals surface area contributed by atoms with Crippen LogP contribution in [0.4, 0.5) is 0 Å². The summed E-state index contributed by atoms with van der Waals surface area (Å²) < 4.78 is 5.94. The lowest BCUT2D eigenvalue weighted by molar-refractivity contribution is 0.264. The molecule has 1 unspecified atom stereocenters. The average molecular weight is 308 g/mol. The predicted octanol–water partition coefficient (Wildman–Crippen LogP) is 4.90. The van der Waals surface area contributed by atoms with Crippen molar-refractivity contribution in [3.8, 4) is 5.75 Å². The summed E-state index contributed by atoms with van der Waals surface area (Å²) in [5, 5.41) is 4.63. The molecule has 1 fully saturated rings. The molecule has 0 aromatic heterocycles. The van der Waals surface area contributed by atoms with Crippen LogP contribution in [0.1, 0.15) is 62.6 Å². The van der Waals surface area contributed by atoms with E-state index in [9.17, 15) is 0 Å². The van der Waals surface area contributed by atoms with E-state index in [2.05, 4.69) is 24.4 Å². The van der Waals surface area contributed by atoms with Gasteiger partial charge in [0.05, 0.1) is 6.61 Å². The van der Waals surface area contributed by atoms with Crippen molar-refractivity contribution in [2.24, 2.45) is 5.92 Å². The van der Waals surface area contributed by atoms with E-state index in [1.165, 1.54) is 43.2 Å². The van der Waals surface area contributed by atoms with E-state index in [0.717, 1.165) is 42.7 Å². The quantitative estimate of drug-likeness (QED) is 0.835. The van der Waals surface area contributed by atoms with Crippen LogP contribution >= 0.6 is 11.6 Å². The van der Waals surface area contributed by atoms with Crippen molar-refractivity contribution >= 4 is 11.6 Å². The molecule has 0 saturated heterocycles. The van der Waals surface area contributed by atoms with Gasteiger partial charge in [-0.25, -0.2) is 0 Å². The van der Waals surface area contributed by atoms with Gasteiger partial charge in [-0.3, -0.25) is 0 Å². The van der Waals surface area contributed by atoms with Crippen LogP contribution in [-0.2, 0) is 6.42 Å². The molecule has 1 aromatic rings. The number of hydrogen-bond acceptors (Lipinski definition) is 2. The van der Waals surface area contributed by atoms with E-state index in [1.54, 1.807) is 0 Å². The Labute approximate surface area is 133 Å². The first-order chi connectivity index (χ1) is 10.3. The Morgan fingerprint density at radius 2 is 2.10 bits per heavy atom. The highest BCUT2D eigenvalue weighted by Gasteiger charge is 2.29. The molecular formula is C18H26ClNO. The number of hydrogen-bond donors (Lipinski definition) is 1. The summed E-state index contributed by atoms with van der Waals surface area (Å²) in [4.78, 5) is 0. The molecule has 0 spiro atoms. The second-order valence-electron chi connectivity index (χ2n) is 6.41. The van der Waals surface area contributed by atoms with E-state index in [0.29, 0.717) is 6.04 Å². The first-order valence-electron chi connectivity index (χ1n) is 8.48. The van der Waals surface area contributed by atoms with Crippen LogP contribution in [0.15, 0.2) is 12.1 Å². The fourth-order valence-electron chi connectivity index (χ4n) is 3.83. The van der Waals surface area contributed by atoms with Crippen LogP contribution in [-0.4, -0.2) is 13.2 Å². The standard InChI is InChI=1S/C18H26ClNO/c1-2-9-20-17(13-6-4-3-5-7-13)16-12-15(19)11-14-8-10-21-18(14)16/h11-13,17,20H,2-10H2,1H3. The monoisotopic (exact) mass is 307 g/mol. The fraction of sp³-hybridized carbons (Fsp3) is 0.667. The summed E-state index contributed by atoms with van der Waals surface area (Å²) in [5.74, 6) is 1.83. The van der Waals surface area contributed by atoms with Gasteiger partial charge in [-0.05, 0) is 49.4 Å². The van der Waals surface area contributed by atoms with Crippen molar-refractivity contribution in [3.63, 3.8) is 0 Å².